The summed E-state index contributed by atoms with van der Waals surface area (Å²) >= 11 is 0. The van der Waals surface area contributed by atoms with E-state index in [1.807, 2.05) is 0 Å². The van der Waals surface area contributed by atoms with Gasteiger partial charge in [0.1, 0.15) is 0 Å². The predicted molar refractivity (Wildman–Crippen MR) is 122 cm³/mol. The van der Waals surface area contributed by atoms with Crippen LogP contribution in [0.1, 0.15) is 72.1 Å². The van der Waals surface area contributed by atoms with Gasteiger partial charge in [0, 0.05) is 21.7 Å². The molecule has 2 aromatic carbocycles. The second-order valence-electron chi connectivity index (χ2n) is 7.91. The molecule has 0 aliphatic heterocycles. The summed E-state index contributed by atoms with van der Waals surface area (Å²) in [6.45, 7) is 0. The third kappa shape index (κ3) is 8.55. The molecule has 3 aliphatic rings. The third-order valence-electron chi connectivity index (χ3n) is 5.80. The molecule has 0 spiro atoms. The van der Waals surface area contributed by atoms with Crippen LogP contribution in [0.25, 0.3) is 0 Å². The summed E-state index contributed by atoms with van der Waals surface area (Å²) in [6.07, 6.45) is 13.6. The zero-order chi connectivity index (χ0) is 22.1. The van der Waals surface area contributed by atoms with E-state index in [2.05, 4.69) is 6.42 Å². The normalized spacial score (nSPS) is 15.5. The molecule has 2 aromatic rings. The van der Waals surface area contributed by atoms with Crippen LogP contribution in [-0.4, -0.2) is 22.2 Å². The van der Waals surface area contributed by atoms with E-state index in [0.29, 0.717) is 11.1 Å². The van der Waals surface area contributed by atoms with Gasteiger partial charge in [0.25, 0.3) is 0 Å². The first-order chi connectivity index (χ1) is 15.1. The van der Waals surface area contributed by atoms with Crippen molar-refractivity contribution >= 4 is 11.9 Å². The minimum absolute atomic E-state index is 0. The summed E-state index contributed by atoms with van der Waals surface area (Å²) in [5.74, 6) is -1.76. The number of rotatable bonds is 2. The van der Waals surface area contributed by atoms with Crippen LogP contribution in [0, 0.1) is 6.42 Å². The molecule has 33 heavy (non-hydrogen) atoms. The topological polar surface area (TPSA) is 74.6 Å². The zero-order valence-electron chi connectivity index (χ0n) is 18.6. The Morgan fingerprint density at radius 1 is 0.697 bits per heavy atom. The van der Waals surface area contributed by atoms with E-state index < -0.39 is 11.9 Å². The van der Waals surface area contributed by atoms with Gasteiger partial charge in [-0.1, -0.05) is 61.2 Å². The number of hydrogen-bond donors (Lipinski definition) is 2. The molecule has 5 rings (SSSR count). The van der Waals surface area contributed by atoms with Gasteiger partial charge in [-0.25, -0.2) is 21.6 Å². The Hall–Kier alpha value is -2.27. The van der Waals surface area contributed by atoms with Crippen molar-refractivity contribution < 1.29 is 53.9 Å². The molecule has 0 radical (unpaired) electrons. The Morgan fingerprint density at radius 3 is 1.67 bits per heavy atom. The number of carbonyl (C=O) groups is 2. The van der Waals surface area contributed by atoms with Crippen LogP contribution >= 0.6 is 0 Å². The average Bonchev–Trinajstić information content (AvgIpc) is 3.20. The monoisotopic (exact) mass is 500 g/mol. The van der Waals surface area contributed by atoms with Gasteiger partial charge < -0.3 is 22.6 Å². The van der Waals surface area contributed by atoms with Crippen LogP contribution in [0.3, 0.4) is 0 Å². The Kier molecular flexibility index (Phi) is 12.9. The number of hydrogen-bond acceptors (Lipinski definition) is 2. The summed E-state index contributed by atoms with van der Waals surface area (Å²) < 4.78 is 0. The van der Waals surface area contributed by atoms with Crippen LogP contribution in [0.4, 0.5) is 0 Å². The van der Waals surface area contributed by atoms with Crippen molar-refractivity contribution in [2.75, 3.05) is 0 Å². The van der Waals surface area contributed by atoms with Gasteiger partial charge in [-0.3, -0.25) is 0 Å². The average molecular weight is 501 g/mol. The molecule has 0 amide bonds. The second-order valence-corrected chi connectivity index (χ2v) is 7.91. The van der Waals surface area contributed by atoms with Crippen molar-refractivity contribution in [1.29, 1.82) is 0 Å². The maximum atomic E-state index is 10.2. The van der Waals surface area contributed by atoms with Gasteiger partial charge in [-0.2, -0.15) is 5.57 Å². The molecular weight excluding hydrogens is 472 g/mol. The van der Waals surface area contributed by atoms with E-state index in [0.717, 1.165) is 0 Å². The van der Waals surface area contributed by atoms with E-state index in [1.165, 1.54) is 51.4 Å². The number of allylic oxidation sites excluding steroid dienone is 4. The molecule has 0 saturated carbocycles. The first-order valence-electron chi connectivity index (χ1n) is 10.9. The van der Waals surface area contributed by atoms with Gasteiger partial charge in [-0.05, 0) is 49.9 Å². The van der Waals surface area contributed by atoms with Crippen LogP contribution in [0.15, 0.2) is 83.0 Å². The Bertz CT molecular complexity index is 889. The minimum Gasteiger partial charge on any atom is -1.00 e. The molecule has 6 heteroatoms. The molecule has 0 aromatic heterocycles. The van der Waals surface area contributed by atoms with Crippen molar-refractivity contribution in [3.8, 4) is 0 Å². The Morgan fingerprint density at radius 2 is 1.18 bits per heavy atom. The number of benzene rings is 2. The standard InChI is InChI=1S/C13H17.2C7H6O2.ClH.Ti/c1-3-7-12-10(5-1)9-11-6-2-4-8-13(11)12;2*8-7(9)6-4-2-1-3-5-6;;/h5H,1-4,6-9H2;2*1-5H,(H,8,9);1H;/q-1;;;;/p-1. The fourth-order valence-corrected chi connectivity index (χ4v) is 4.28. The van der Waals surface area contributed by atoms with E-state index in [9.17, 15) is 9.59 Å². The van der Waals surface area contributed by atoms with Crippen molar-refractivity contribution in [3.63, 3.8) is 0 Å². The van der Waals surface area contributed by atoms with Crippen molar-refractivity contribution in [1.82, 2.24) is 0 Å². The molecule has 0 heterocycles. The quantitative estimate of drug-likeness (QED) is 0.487. The molecule has 0 bridgehead atoms. The van der Waals surface area contributed by atoms with E-state index in [-0.39, 0.29) is 34.1 Å². The number of carboxylic acid groups (broad SMARTS) is 2. The van der Waals surface area contributed by atoms with Crippen LogP contribution in [0.2, 0.25) is 0 Å². The first-order valence-corrected chi connectivity index (χ1v) is 10.9. The van der Waals surface area contributed by atoms with Gasteiger partial charge >= 0.3 is 11.9 Å². The molecule has 0 unspecified atom stereocenters. The number of halogens is 1. The molecule has 2 N–H and O–H groups in total. The van der Waals surface area contributed by atoms with Crippen molar-refractivity contribution in [3.05, 3.63) is 101 Å². The van der Waals surface area contributed by atoms with E-state index >= 15 is 0 Å². The first kappa shape index (κ1) is 28.8. The Balaban J connectivity index is 0.000000247. The molecule has 0 saturated heterocycles. The van der Waals surface area contributed by atoms with Crippen LogP contribution in [0.5, 0.6) is 0 Å². The summed E-state index contributed by atoms with van der Waals surface area (Å²) in [6, 6.07) is 16.6. The maximum absolute atomic E-state index is 10.2. The fraction of sp³-hybridized carbons (Fsp3) is 0.296. The summed E-state index contributed by atoms with van der Waals surface area (Å²) in [7, 11) is 0. The molecule has 174 valence electrons. The maximum Gasteiger partial charge on any atom is 0.335 e. The van der Waals surface area contributed by atoms with E-state index in [1.54, 1.807) is 83.0 Å². The summed E-state index contributed by atoms with van der Waals surface area (Å²) in [4.78, 5) is 20.4. The molecular formula is C27H29ClO4Ti-2. The van der Waals surface area contributed by atoms with Gasteiger partial charge in [0.2, 0.25) is 0 Å². The number of aromatic carboxylic acids is 2. The number of fused-ring (bicyclic) bond motifs is 1. The van der Waals surface area contributed by atoms with Gasteiger partial charge in [0.15, 0.2) is 0 Å². The zero-order valence-corrected chi connectivity index (χ0v) is 20.9. The van der Waals surface area contributed by atoms with Crippen LogP contribution in [-0.2, 0) is 21.7 Å². The Labute approximate surface area is 217 Å². The van der Waals surface area contributed by atoms with E-state index in [4.69, 9.17) is 10.2 Å². The van der Waals surface area contributed by atoms with Gasteiger partial charge in [0.05, 0.1) is 11.1 Å². The fourth-order valence-electron chi connectivity index (χ4n) is 4.28. The largest absolute Gasteiger partial charge is 1.00 e. The molecule has 0 fully saturated rings. The predicted octanol–water partition coefficient (Wildman–Crippen LogP) is 3.72. The summed E-state index contributed by atoms with van der Waals surface area (Å²) in [5.41, 5.74) is 7.72. The molecule has 0 atom stereocenters. The summed E-state index contributed by atoms with van der Waals surface area (Å²) in [5, 5.41) is 16.8. The smallest absolute Gasteiger partial charge is 0.335 e. The van der Waals surface area contributed by atoms with Crippen molar-refractivity contribution in [2.45, 2.75) is 51.4 Å². The number of carboxylic acids is 2. The molecule has 4 nitrogen and oxygen atoms in total. The second kappa shape index (κ2) is 14.8. The minimum atomic E-state index is -0.879. The van der Waals surface area contributed by atoms with Crippen molar-refractivity contribution in [2.24, 2.45) is 0 Å². The molecule has 3 aliphatic carbocycles. The SMILES string of the molecule is O=C(O)c1ccccc1.O=C(O)c1ccccc1.[CH-]1CCCC2=C1CC1=C2CCCC1.[Cl-].[Ti]. The third-order valence-corrected chi connectivity index (χ3v) is 5.80. The van der Waals surface area contributed by atoms with Gasteiger partial charge in [-0.15, -0.1) is 12.0 Å². The van der Waals surface area contributed by atoms with Crippen LogP contribution < -0.4 is 12.4 Å².